The fourth-order valence-electron chi connectivity index (χ4n) is 2.42. The van der Waals surface area contributed by atoms with Gasteiger partial charge < -0.3 is 5.11 Å². The molecule has 2 aromatic carbocycles. The standard InChI is InChI=1S/C18H17N3O/c1-3-7-15-10-13(2)11-17(18(15)22)21-19-12-16(20-21)14-8-5-4-6-9-14/h3-6,8-12,22H,1,7H2,2H3. The molecule has 0 saturated heterocycles. The molecule has 0 saturated carbocycles. The fourth-order valence-corrected chi connectivity index (χ4v) is 2.42. The fraction of sp³-hybridized carbons (Fsp3) is 0.111. The van der Waals surface area contributed by atoms with Crippen molar-refractivity contribution in [2.24, 2.45) is 0 Å². The maximum Gasteiger partial charge on any atom is 0.146 e. The normalized spacial score (nSPS) is 10.6. The lowest BCUT2D eigenvalue weighted by atomic mass is 10.1. The first-order chi connectivity index (χ1) is 10.7. The van der Waals surface area contributed by atoms with Gasteiger partial charge in [-0.1, -0.05) is 42.5 Å². The average Bonchev–Trinajstić information content (AvgIpc) is 3.01. The third-order valence-electron chi connectivity index (χ3n) is 3.45. The molecule has 0 aliphatic rings. The molecule has 110 valence electrons. The van der Waals surface area contributed by atoms with Crippen LogP contribution in [0.15, 0.2) is 61.3 Å². The summed E-state index contributed by atoms with van der Waals surface area (Å²) in [4.78, 5) is 1.47. The van der Waals surface area contributed by atoms with E-state index in [0.29, 0.717) is 12.1 Å². The summed E-state index contributed by atoms with van der Waals surface area (Å²) < 4.78 is 0. The van der Waals surface area contributed by atoms with Crippen molar-refractivity contribution in [3.8, 4) is 22.7 Å². The molecular weight excluding hydrogens is 274 g/mol. The van der Waals surface area contributed by atoms with Crippen LogP contribution in [0.3, 0.4) is 0 Å². The number of hydrogen-bond donors (Lipinski definition) is 1. The second-order valence-corrected chi connectivity index (χ2v) is 5.17. The van der Waals surface area contributed by atoms with Crippen molar-refractivity contribution in [1.29, 1.82) is 0 Å². The highest BCUT2D eigenvalue weighted by molar-refractivity contribution is 5.58. The van der Waals surface area contributed by atoms with Gasteiger partial charge in [0.25, 0.3) is 0 Å². The molecular formula is C18H17N3O. The van der Waals surface area contributed by atoms with Gasteiger partial charge in [0.15, 0.2) is 0 Å². The Morgan fingerprint density at radius 1 is 1.23 bits per heavy atom. The molecule has 1 N–H and O–H groups in total. The van der Waals surface area contributed by atoms with E-state index >= 15 is 0 Å². The Balaban J connectivity index is 2.05. The number of phenols is 1. The van der Waals surface area contributed by atoms with Gasteiger partial charge in [-0.2, -0.15) is 5.10 Å². The molecule has 22 heavy (non-hydrogen) atoms. The first-order valence-electron chi connectivity index (χ1n) is 7.10. The van der Waals surface area contributed by atoms with E-state index in [2.05, 4.69) is 16.8 Å². The summed E-state index contributed by atoms with van der Waals surface area (Å²) in [5, 5.41) is 19.2. The van der Waals surface area contributed by atoms with Crippen LogP contribution in [0.1, 0.15) is 11.1 Å². The van der Waals surface area contributed by atoms with Gasteiger partial charge in [0.1, 0.15) is 17.1 Å². The molecule has 4 nitrogen and oxygen atoms in total. The molecule has 0 amide bonds. The van der Waals surface area contributed by atoms with Gasteiger partial charge in [0.2, 0.25) is 0 Å². The van der Waals surface area contributed by atoms with Gasteiger partial charge in [-0.05, 0) is 25.0 Å². The van der Waals surface area contributed by atoms with E-state index in [4.69, 9.17) is 0 Å². The zero-order valence-electron chi connectivity index (χ0n) is 12.4. The van der Waals surface area contributed by atoms with E-state index in [1.54, 1.807) is 12.3 Å². The highest BCUT2D eigenvalue weighted by atomic mass is 16.3. The van der Waals surface area contributed by atoms with Crippen molar-refractivity contribution >= 4 is 0 Å². The average molecular weight is 291 g/mol. The zero-order valence-corrected chi connectivity index (χ0v) is 12.4. The summed E-state index contributed by atoms with van der Waals surface area (Å²) >= 11 is 0. The Kier molecular flexibility index (Phi) is 3.74. The Morgan fingerprint density at radius 3 is 2.73 bits per heavy atom. The molecule has 0 fully saturated rings. The van der Waals surface area contributed by atoms with E-state index in [-0.39, 0.29) is 5.75 Å². The molecule has 0 radical (unpaired) electrons. The molecule has 4 heteroatoms. The number of hydrogen-bond acceptors (Lipinski definition) is 3. The first-order valence-corrected chi connectivity index (χ1v) is 7.10. The smallest absolute Gasteiger partial charge is 0.146 e. The van der Waals surface area contributed by atoms with Crippen LogP contribution < -0.4 is 0 Å². The van der Waals surface area contributed by atoms with Crippen LogP contribution in [0.4, 0.5) is 0 Å². The molecule has 0 unspecified atom stereocenters. The van der Waals surface area contributed by atoms with E-state index in [9.17, 15) is 5.11 Å². The van der Waals surface area contributed by atoms with E-state index in [0.717, 1.165) is 22.4 Å². The number of phenolic OH excluding ortho intramolecular Hbond substituents is 1. The largest absolute Gasteiger partial charge is 0.505 e. The Bertz CT molecular complexity index is 806. The number of benzene rings is 2. The second kappa shape index (κ2) is 5.85. The van der Waals surface area contributed by atoms with E-state index in [1.807, 2.05) is 49.4 Å². The minimum atomic E-state index is 0.195. The number of aromatic hydroxyl groups is 1. The van der Waals surface area contributed by atoms with Crippen LogP contribution in [0.25, 0.3) is 16.9 Å². The van der Waals surface area contributed by atoms with Crippen LogP contribution >= 0.6 is 0 Å². The third-order valence-corrected chi connectivity index (χ3v) is 3.45. The van der Waals surface area contributed by atoms with E-state index in [1.165, 1.54) is 4.80 Å². The Morgan fingerprint density at radius 2 is 2.00 bits per heavy atom. The van der Waals surface area contributed by atoms with Crippen LogP contribution in [0.5, 0.6) is 5.75 Å². The van der Waals surface area contributed by atoms with Gasteiger partial charge in [0.05, 0.1) is 6.20 Å². The van der Waals surface area contributed by atoms with Gasteiger partial charge in [-0.25, -0.2) is 0 Å². The summed E-state index contributed by atoms with van der Waals surface area (Å²) in [5.74, 6) is 0.195. The lowest BCUT2D eigenvalue weighted by Gasteiger charge is -2.09. The van der Waals surface area contributed by atoms with Gasteiger partial charge in [-0.15, -0.1) is 16.5 Å². The summed E-state index contributed by atoms with van der Waals surface area (Å²) in [6.07, 6.45) is 4.07. The minimum Gasteiger partial charge on any atom is -0.505 e. The third kappa shape index (κ3) is 2.63. The van der Waals surface area contributed by atoms with Gasteiger partial charge in [0, 0.05) is 11.1 Å². The Hall–Kier alpha value is -2.88. The molecule has 0 aliphatic carbocycles. The maximum atomic E-state index is 10.4. The topological polar surface area (TPSA) is 50.9 Å². The van der Waals surface area contributed by atoms with Crippen LogP contribution in [0.2, 0.25) is 0 Å². The predicted molar refractivity (Wildman–Crippen MR) is 87.1 cm³/mol. The quantitative estimate of drug-likeness (QED) is 0.746. The minimum absolute atomic E-state index is 0.195. The molecule has 0 bridgehead atoms. The van der Waals surface area contributed by atoms with Crippen molar-refractivity contribution in [2.45, 2.75) is 13.3 Å². The lowest BCUT2D eigenvalue weighted by molar-refractivity contribution is 0.461. The van der Waals surface area contributed by atoms with Crippen LogP contribution in [-0.2, 0) is 6.42 Å². The molecule has 0 spiro atoms. The molecule has 1 heterocycles. The molecule has 3 rings (SSSR count). The zero-order chi connectivity index (χ0) is 15.5. The SMILES string of the molecule is C=CCc1cc(C)cc(-n2ncc(-c3ccccc3)n2)c1O. The summed E-state index contributed by atoms with van der Waals surface area (Å²) in [6.45, 7) is 5.71. The highest BCUT2D eigenvalue weighted by Gasteiger charge is 2.12. The number of nitrogens with zero attached hydrogens (tertiary/aromatic N) is 3. The van der Waals surface area contributed by atoms with Crippen molar-refractivity contribution in [3.05, 3.63) is 72.4 Å². The van der Waals surface area contributed by atoms with Gasteiger partial charge in [-0.3, -0.25) is 0 Å². The maximum absolute atomic E-state index is 10.4. The molecule has 0 aliphatic heterocycles. The molecule has 3 aromatic rings. The summed E-state index contributed by atoms with van der Waals surface area (Å²) in [5.41, 5.74) is 4.21. The Labute approximate surface area is 129 Å². The van der Waals surface area contributed by atoms with Crippen LogP contribution in [-0.4, -0.2) is 20.1 Å². The van der Waals surface area contributed by atoms with Crippen molar-refractivity contribution in [2.75, 3.05) is 0 Å². The molecule has 1 aromatic heterocycles. The summed E-state index contributed by atoms with van der Waals surface area (Å²) in [6, 6.07) is 13.7. The first kappa shape index (κ1) is 14.1. The number of aromatic nitrogens is 3. The number of aryl methyl sites for hydroxylation is 1. The van der Waals surface area contributed by atoms with Crippen LogP contribution in [0, 0.1) is 6.92 Å². The molecule has 0 atom stereocenters. The second-order valence-electron chi connectivity index (χ2n) is 5.17. The van der Waals surface area contributed by atoms with Crippen molar-refractivity contribution < 1.29 is 5.11 Å². The van der Waals surface area contributed by atoms with Gasteiger partial charge >= 0.3 is 0 Å². The van der Waals surface area contributed by atoms with Crippen molar-refractivity contribution in [1.82, 2.24) is 15.0 Å². The summed E-state index contributed by atoms with van der Waals surface area (Å²) in [7, 11) is 0. The number of rotatable bonds is 4. The highest BCUT2D eigenvalue weighted by Crippen LogP contribution is 2.28. The predicted octanol–water partition coefficient (Wildman–Crippen LogP) is 3.68. The number of allylic oxidation sites excluding steroid dienone is 1. The lowest BCUT2D eigenvalue weighted by Crippen LogP contribution is -2.01. The van der Waals surface area contributed by atoms with Crippen molar-refractivity contribution in [3.63, 3.8) is 0 Å². The van der Waals surface area contributed by atoms with E-state index < -0.39 is 0 Å². The monoisotopic (exact) mass is 291 g/mol.